The van der Waals surface area contributed by atoms with Crippen molar-refractivity contribution in [2.45, 2.75) is 19.9 Å². The first kappa shape index (κ1) is 13.1. The molecule has 0 radical (unpaired) electrons. The van der Waals surface area contributed by atoms with E-state index in [2.05, 4.69) is 35.4 Å². The molecule has 2 nitrogen and oxygen atoms in total. The summed E-state index contributed by atoms with van der Waals surface area (Å²) in [6, 6.07) is 8.41. The van der Waals surface area contributed by atoms with Crippen LogP contribution in [0.15, 0.2) is 36.7 Å². The van der Waals surface area contributed by atoms with Gasteiger partial charge < -0.3 is 5.32 Å². The van der Waals surface area contributed by atoms with E-state index in [4.69, 9.17) is 11.6 Å². The first-order valence-electron chi connectivity index (χ1n) is 5.96. The summed E-state index contributed by atoms with van der Waals surface area (Å²) in [4.78, 5) is 4.25. The Hall–Kier alpha value is -1.38. The lowest BCUT2D eigenvalue weighted by Crippen LogP contribution is -2.18. The molecule has 1 heterocycles. The number of nitrogens with zero attached hydrogens (tertiary/aromatic N) is 1. The summed E-state index contributed by atoms with van der Waals surface area (Å²) in [7, 11) is 1.96. The van der Waals surface area contributed by atoms with Gasteiger partial charge >= 0.3 is 0 Å². The first-order valence-corrected chi connectivity index (χ1v) is 6.34. The predicted molar refractivity (Wildman–Crippen MR) is 76.1 cm³/mol. The molecule has 2 aromatic rings. The Kier molecular flexibility index (Phi) is 4.00. The highest BCUT2D eigenvalue weighted by atomic mass is 35.5. The van der Waals surface area contributed by atoms with Gasteiger partial charge in [0.15, 0.2) is 0 Å². The molecule has 0 bridgehead atoms. The lowest BCUT2D eigenvalue weighted by Gasteiger charge is -2.18. The second kappa shape index (κ2) is 5.51. The summed E-state index contributed by atoms with van der Waals surface area (Å²) in [5, 5.41) is 4.13. The average Bonchev–Trinajstić information content (AvgIpc) is 2.35. The fraction of sp³-hybridized carbons (Fsp3) is 0.267. The second-order valence-electron chi connectivity index (χ2n) is 4.53. The van der Waals surface area contributed by atoms with Gasteiger partial charge in [0, 0.05) is 17.4 Å². The number of rotatable bonds is 3. The van der Waals surface area contributed by atoms with Crippen molar-refractivity contribution in [1.82, 2.24) is 10.3 Å². The molecule has 1 unspecified atom stereocenters. The number of hydrogen-bond acceptors (Lipinski definition) is 2. The molecule has 3 heteroatoms. The van der Waals surface area contributed by atoms with E-state index in [1.54, 1.807) is 0 Å². The number of aryl methyl sites for hydroxylation is 2. The molecule has 0 aliphatic rings. The smallest absolute Gasteiger partial charge is 0.0589 e. The molecule has 0 aliphatic heterocycles. The standard InChI is InChI=1S/C15H17ClN2/c1-10-6-13(9-18-8-10)15(17-3)12-4-5-14(16)11(2)7-12/h4-9,15,17H,1-3H3. The van der Waals surface area contributed by atoms with Crippen LogP contribution < -0.4 is 5.32 Å². The van der Waals surface area contributed by atoms with Gasteiger partial charge in [-0.1, -0.05) is 29.8 Å². The third-order valence-corrected chi connectivity index (χ3v) is 3.46. The molecular weight excluding hydrogens is 244 g/mol. The van der Waals surface area contributed by atoms with Gasteiger partial charge in [0.05, 0.1) is 6.04 Å². The van der Waals surface area contributed by atoms with Crippen LogP contribution in [0.1, 0.15) is 28.3 Å². The highest BCUT2D eigenvalue weighted by Crippen LogP contribution is 2.25. The van der Waals surface area contributed by atoms with Gasteiger partial charge in [-0.25, -0.2) is 0 Å². The zero-order chi connectivity index (χ0) is 13.1. The van der Waals surface area contributed by atoms with Crippen LogP contribution in [0.4, 0.5) is 0 Å². The maximum Gasteiger partial charge on any atom is 0.0589 e. The van der Waals surface area contributed by atoms with Crippen molar-refractivity contribution in [1.29, 1.82) is 0 Å². The Balaban J connectivity index is 2.42. The van der Waals surface area contributed by atoms with Crippen molar-refractivity contribution >= 4 is 11.6 Å². The third-order valence-electron chi connectivity index (χ3n) is 3.03. The largest absolute Gasteiger partial charge is 0.309 e. The molecule has 0 fully saturated rings. The van der Waals surface area contributed by atoms with Crippen LogP contribution in [0.25, 0.3) is 0 Å². The molecule has 1 aromatic heterocycles. The second-order valence-corrected chi connectivity index (χ2v) is 4.93. The quantitative estimate of drug-likeness (QED) is 0.911. The molecule has 0 aliphatic carbocycles. The summed E-state index contributed by atoms with van der Waals surface area (Å²) in [6.45, 7) is 4.07. The zero-order valence-corrected chi connectivity index (χ0v) is 11.6. The Labute approximate surface area is 113 Å². The molecule has 1 N–H and O–H groups in total. The van der Waals surface area contributed by atoms with Crippen LogP contribution in [0.2, 0.25) is 5.02 Å². The van der Waals surface area contributed by atoms with Crippen molar-refractivity contribution in [2.24, 2.45) is 0 Å². The average molecular weight is 261 g/mol. The highest BCUT2D eigenvalue weighted by molar-refractivity contribution is 6.31. The van der Waals surface area contributed by atoms with Crippen molar-refractivity contribution in [2.75, 3.05) is 7.05 Å². The Bertz CT molecular complexity index is 552. The van der Waals surface area contributed by atoms with Gasteiger partial charge in [-0.05, 0) is 49.2 Å². The Morgan fingerprint density at radius 1 is 1.11 bits per heavy atom. The van der Waals surface area contributed by atoms with Crippen LogP contribution in [0, 0.1) is 13.8 Å². The van der Waals surface area contributed by atoms with Gasteiger partial charge in [0.1, 0.15) is 0 Å². The van der Waals surface area contributed by atoms with E-state index in [0.717, 1.165) is 10.6 Å². The van der Waals surface area contributed by atoms with E-state index in [1.165, 1.54) is 16.7 Å². The number of pyridine rings is 1. The van der Waals surface area contributed by atoms with Crippen molar-refractivity contribution in [3.05, 3.63) is 63.9 Å². The predicted octanol–water partition coefficient (Wildman–Crippen LogP) is 3.66. The summed E-state index contributed by atoms with van der Waals surface area (Å²) < 4.78 is 0. The summed E-state index contributed by atoms with van der Waals surface area (Å²) in [5.74, 6) is 0. The van der Waals surface area contributed by atoms with Gasteiger partial charge in [-0.3, -0.25) is 4.98 Å². The van der Waals surface area contributed by atoms with Crippen LogP contribution in [-0.4, -0.2) is 12.0 Å². The molecule has 1 aromatic carbocycles. The fourth-order valence-corrected chi connectivity index (χ4v) is 2.23. The molecule has 0 saturated carbocycles. The van der Waals surface area contributed by atoms with Crippen LogP contribution in [-0.2, 0) is 0 Å². The molecule has 1 atom stereocenters. The molecular formula is C15H17ClN2. The van der Waals surface area contributed by atoms with E-state index in [9.17, 15) is 0 Å². The third kappa shape index (κ3) is 2.71. The number of benzene rings is 1. The topological polar surface area (TPSA) is 24.9 Å². The van der Waals surface area contributed by atoms with Gasteiger partial charge in [0.2, 0.25) is 0 Å². The van der Waals surface area contributed by atoms with Gasteiger partial charge in [-0.2, -0.15) is 0 Å². The normalized spacial score (nSPS) is 12.4. The number of hydrogen-bond donors (Lipinski definition) is 1. The van der Waals surface area contributed by atoms with Crippen LogP contribution in [0.5, 0.6) is 0 Å². The minimum absolute atomic E-state index is 0.147. The van der Waals surface area contributed by atoms with E-state index in [-0.39, 0.29) is 6.04 Å². The Morgan fingerprint density at radius 2 is 1.89 bits per heavy atom. The van der Waals surface area contributed by atoms with Crippen LogP contribution >= 0.6 is 11.6 Å². The van der Waals surface area contributed by atoms with Crippen molar-refractivity contribution in [3.8, 4) is 0 Å². The van der Waals surface area contributed by atoms with Crippen molar-refractivity contribution in [3.63, 3.8) is 0 Å². The molecule has 0 spiro atoms. The van der Waals surface area contributed by atoms with E-state index in [0.29, 0.717) is 0 Å². The molecule has 94 valence electrons. The number of aromatic nitrogens is 1. The van der Waals surface area contributed by atoms with E-state index < -0.39 is 0 Å². The van der Waals surface area contributed by atoms with Crippen LogP contribution in [0.3, 0.4) is 0 Å². The monoisotopic (exact) mass is 260 g/mol. The maximum absolute atomic E-state index is 6.07. The lowest BCUT2D eigenvalue weighted by atomic mass is 9.98. The highest BCUT2D eigenvalue weighted by Gasteiger charge is 2.13. The fourth-order valence-electron chi connectivity index (χ4n) is 2.11. The lowest BCUT2D eigenvalue weighted by molar-refractivity contribution is 0.687. The summed E-state index contributed by atoms with van der Waals surface area (Å²) in [5.41, 5.74) is 4.62. The first-order chi connectivity index (χ1) is 8.61. The Morgan fingerprint density at radius 3 is 2.50 bits per heavy atom. The summed E-state index contributed by atoms with van der Waals surface area (Å²) >= 11 is 6.07. The number of halogens is 1. The molecule has 2 rings (SSSR count). The van der Waals surface area contributed by atoms with Gasteiger partial charge in [-0.15, -0.1) is 0 Å². The van der Waals surface area contributed by atoms with E-state index in [1.807, 2.05) is 32.4 Å². The minimum atomic E-state index is 0.147. The molecule has 0 saturated heterocycles. The van der Waals surface area contributed by atoms with Crippen molar-refractivity contribution < 1.29 is 0 Å². The molecule has 18 heavy (non-hydrogen) atoms. The number of nitrogens with one attached hydrogen (secondary N) is 1. The van der Waals surface area contributed by atoms with Gasteiger partial charge in [0.25, 0.3) is 0 Å². The minimum Gasteiger partial charge on any atom is -0.309 e. The SMILES string of the molecule is CNC(c1cncc(C)c1)c1ccc(Cl)c(C)c1. The molecule has 0 amide bonds. The maximum atomic E-state index is 6.07. The zero-order valence-electron chi connectivity index (χ0n) is 10.9. The summed E-state index contributed by atoms with van der Waals surface area (Å²) in [6.07, 6.45) is 3.77. The van der Waals surface area contributed by atoms with E-state index >= 15 is 0 Å².